The van der Waals surface area contributed by atoms with Gasteiger partial charge in [-0.05, 0) is 71.5 Å². The Labute approximate surface area is 265 Å². The number of anilines is 2. The number of amides is 2. The van der Waals surface area contributed by atoms with Gasteiger partial charge in [0.2, 0.25) is 5.41 Å². The highest BCUT2D eigenvalue weighted by molar-refractivity contribution is 6.34. The van der Waals surface area contributed by atoms with Gasteiger partial charge in [0.25, 0.3) is 11.8 Å². The molecule has 0 heterocycles. The first-order valence-corrected chi connectivity index (χ1v) is 14.4. The fourth-order valence-electron chi connectivity index (χ4n) is 5.13. The summed E-state index contributed by atoms with van der Waals surface area (Å²) in [5.74, 6) is -1.30. The summed E-state index contributed by atoms with van der Waals surface area (Å²) in [5.41, 5.74) is -6.89. The average Bonchev–Trinajstić information content (AvgIpc) is 2.99. The van der Waals surface area contributed by atoms with E-state index in [4.69, 9.17) is 23.2 Å². The van der Waals surface area contributed by atoms with E-state index in [9.17, 15) is 9.59 Å². The molecule has 0 bridgehead atoms. The van der Waals surface area contributed by atoms with Gasteiger partial charge in [-0.1, -0.05) is 85.6 Å². The number of benzene rings is 4. The van der Waals surface area contributed by atoms with E-state index < -0.39 is 50.8 Å². The van der Waals surface area contributed by atoms with E-state index in [0.717, 1.165) is 12.1 Å². The minimum atomic E-state index is -5.93. The Kier molecular flexibility index (Phi) is 9.89. The quantitative estimate of drug-likeness (QED) is 0.184. The molecule has 0 spiro atoms. The Morgan fingerprint density at radius 1 is 0.600 bits per heavy atom. The number of carbonyl (C=O) groups is 2. The lowest BCUT2D eigenvalue weighted by Crippen LogP contribution is -2.55. The summed E-state index contributed by atoms with van der Waals surface area (Å²) in [5, 5.41) is 4.00. The van der Waals surface area contributed by atoms with E-state index in [1.54, 1.807) is 36.4 Å². The standard InChI is InChI=1S/C33H26Cl2F6N2O2/c1-3-19-15-23(17-25(34)27(19)42-29(44)21-11-7-5-8-12-21)31(32(36,37)38,33(39,40)41)24-16-20(4-2)28(26(35)18-24)43-30(45)22-13-9-6-10-14-22/h5-18H,3-4H2,1-2H3,(H,42,44)(H,43,45). The third-order valence-electron chi connectivity index (χ3n) is 7.37. The number of hydrogen-bond donors (Lipinski definition) is 2. The molecule has 0 radical (unpaired) electrons. The van der Waals surface area contributed by atoms with E-state index in [1.165, 1.54) is 38.1 Å². The predicted octanol–water partition coefficient (Wildman–Crippen LogP) is 10.0. The minimum absolute atomic E-state index is 0.0480. The maximum Gasteiger partial charge on any atom is 0.411 e. The van der Waals surface area contributed by atoms with E-state index >= 15 is 26.3 Å². The summed E-state index contributed by atoms with van der Waals surface area (Å²) in [7, 11) is 0. The molecule has 4 rings (SSSR count). The van der Waals surface area contributed by atoms with Crippen LogP contribution in [0.25, 0.3) is 0 Å². The van der Waals surface area contributed by atoms with Crippen LogP contribution in [-0.2, 0) is 18.3 Å². The first-order valence-electron chi connectivity index (χ1n) is 13.7. The van der Waals surface area contributed by atoms with Crippen LogP contribution in [0.4, 0.5) is 37.7 Å². The summed E-state index contributed by atoms with van der Waals surface area (Å²) >= 11 is 12.7. The van der Waals surface area contributed by atoms with Gasteiger partial charge in [0, 0.05) is 11.1 Å². The van der Waals surface area contributed by atoms with Gasteiger partial charge in [0.05, 0.1) is 21.4 Å². The first-order chi connectivity index (χ1) is 21.1. The van der Waals surface area contributed by atoms with E-state index in [-0.39, 0.29) is 46.5 Å². The molecule has 4 aromatic carbocycles. The van der Waals surface area contributed by atoms with Crippen LogP contribution >= 0.6 is 23.2 Å². The lowest BCUT2D eigenvalue weighted by molar-refractivity contribution is -0.288. The number of hydrogen-bond acceptors (Lipinski definition) is 2. The summed E-state index contributed by atoms with van der Waals surface area (Å²) in [6.07, 6.45) is -12.0. The van der Waals surface area contributed by atoms with Gasteiger partial charge in [0.15, 0.2) is 0 Å². The maximum atomic E-state index is 15.1. The number of carbonyl (C=O) groups excluding carboxylic acids is 2. The van der Waals surface area contributed by atoms with Gasteiger partial charge in [-0.2, -0.15) is 26.3 Å². The molecule has 236 valence electrons. The zero-order valence-corrected chi connectivity index (χ0v) is 25.3. The monoisotopic (exact) mass is 666 g/mol. The van der Waals surface area contributed by atoms with Crippen molar-refractivity contribution in [2.45, 2.75) is 44.5 Å². The molecule has 0 aromatic heterocycles. The van der Waals surface area contributed by atoms with Gasteiger partial charge < -0.3 is 10.6 Å². The van der Waals surface area contributed by atoms with Crippen molar-refractivity contribution in [3.05, 3.63) is 128 Å². The number of aryl methyl sites for hydroxylation is 2. The molecule has 2 N–H and O–H groups in total. The highest BCUT2D eigenvalue weighted by atomic mass is 35.5. The van der Waals surface area contributed by atoms with Gasteiger partial charge in [0.1, 0.15) is 0 Å². The van der Waals surface area contributed by atoms with Gasteiger partial charge in [-0.3, -0.25) is 9.59 Å². The van der Waals surface area contributed by atoms with Crippen molar-refractivity contribution >= 4 is 46.4 Å². The molecular formula is C33H26Cl2F6N2O2. The normalized spacial score (nSPS) is 12.1. The van der Waals surface area contributed by atoms with Crippen LogP contribution in [-0.4, -0.2) is 24.2 Å². The average molecular weight is 667 g/mol. The van der Waals surface area contributed by atoms with Crippen molar-refractivity contribution < 1.29 is 35.9 Å². The van der Waals surface area contributed by atoms with Crippen molar-refractivity contribution in [1.82, 2.24) is 0 Å². The van der Waals surface area contributed by atoms with Crippen LogP contribution in [0.1, 0.15) is 56.8 Å². The first kappa shape index (κ1) is 33.9. The number of alkyl halides is 6. The molecule has 0 aliphatic carbocycles. The van der Waals surface area contributed by atoms with Gasteiger partial charge in [-0.25, -0.2) is 0 Å². The smallest absolute Gasteiger partial charge is 0.320 e. The highest BCUT2D eigenvalue weighted by Gasteiger charge is 2.72. The molecule has 0 unspecified atom stereocenters. The number of rotatable bonds is 8. The van der Waals surface area contributed by atoms with Crippen LogP contribution in [0.15, 0.2) is 84.9 Å². The molecule has 12 heteroatoms. The van der Waals surface area contributed by atoms with Crippen LogP contribution < -0.4 is 10.6 Å². The fraction of sp³-hybridized carbons (Fsp3) is 0.212. The van der Waals surface area contributed by atoms with Crippen molar-refractivity contribution in [3.8, 4) is 0 Å². The van der Waals surface area contributed by atoms with Crippen molar-refractivity contribution in [1.29, 1.82) is 0 Å². The molecule has 4 aromatic rings. The molecule has 0 saturated carbocycles. The lowest BCUT2D eigenvalue weighted by Gasteiger charge is -2.39. The topological polar surface area (TPSA) is 58.2 Å². The molecule has 0 saturated heterocycles. The zero-order chi connectivity index (χ0) is 33.2. The maximum absolute atomic E-state index is 15.1. The summed E-state index contributed by atoms with van der Waals surface area (Å²) in [6.45, 7) is 3.01. The van der Waals surface area contributed by atoms with E-state index in [0.29, 0.717) is 12.1 Å². The van der Waals surface area contributed by atoms with Crippen molar-refractivity contribution in [2.75, 3.05) is 10.6 Å². The Balaban J connectivity index is 1.91. The Morgan fingerprint density at radius 2 is 0.933 bits per heavy atom. The summed E-state index contributed by atoms with van der Waals surface area (Å²) < 4.78 is 90.6. The molecule has 45 heavy (non-hydrogen) atoms. The molecule has 0 aliphatic rings. The summed E-state index contributed by atoms with van der Waals surface area (Å²) in [4.78, 5) is 25.6. The van der Waals surface area contributed by atoms with Crippen molar-refractivity contribution in [3.63, 3.8) is 0 Å². The summed E-state index contributed by atoms with van der Waals surface area (Å²) in [6, 6.07) is 18.3. The highest BCUT2D eigenvalue weighted by Crippen LogP contribution is 2.58. The van der Waals surface area contributed by atoms with Crippen LogP contribution in [0, 0.1) is 0 Å². The molecule has 0 atom stereocenters. The van der Waals surface area contributed by atoms with E-state index in [1.807, 2.05) is 0 Å². The second-order valence-electron chi connectivity index (χ2n) is 10.1. The van der Waals surface area contributed by atoms with Crippen LogP contribution in [0.3, 0.4) is 0 Å². The van der Waals surface area contributed by atoms with Gasteiger partial charge in [-0.15, -0.1) is 0 Å². The molecular weight excluding hydrogens is 641 g/mol. The van der Waals surface area contributed by atoms with Crippen LogP contribution in [0.5, 0.6) is 0 Å². The lowest BCUT2D eigenvalue weighted by atomic mass is 9.71. The van der Waals surface area contributed by atoms with Crippen LogP contribution in [0.2, 0.25) is 10.0 Å². The van der Waals surface area contributed by atoms with E-state index in [2.05, 4.69) is 10.6 Å². The second kappa shape index (κ2) is 13.1. The third-order valence-corrected chi connectivity index (χ3v) is 7.97. The molecule has 2 amide bonds. The van der Waals surface area contributed by atoms with Gasteiger partial charge >= 0.3 is 12.4 Å². The number of halogens is 8. The third kappa shape index (κ3) is 6.53. The Bertz CT molecular complexity index is 1580. The van der Waals surface area contributed by atoms with Crippen molar-refractivity contribution in [2.24, 2.45) is 0 Å². The largest absolute Gasteiger partial charge is 0.411 e. The fourth-order valence-corrected chi connectivity index (χ4v) is 5.70. The zero-order valence-electron chi connectivity index (χ0n) is 23.8. The number of nitrogens with one attached hydrogen (secondary N) is 2. The molecule has 4 nitrogen and oxygen atoms in total. The minimum Gasteiger partial charge on any atom is -0.320 e. The second-order valence-corrected chi connectivity index (χ2v) is 10.9. The Morgan fingerprint density at radius 3 is 1.22 bits per heavy atom. The molecule has 0 aliphatic heterocycles. The SMILES string of the molecule is CCc1cc(C(c2cc(Cl)c(NC(=O)c3ccccc3)c(CC)c2)(C(F)(F)F)C(F)(F)F)cc(Cl)c1NC(=O)c1ccccc1. The predicted molar refractivity (Wildman–Crippen MR) is 163 cm³/mol. The Hall–Kier alpha value is -4.02. The molecule has 0 fully saturated rings.